The van der Waals surface area contributed by atoms with Crippen LogP contribution in [0.25, 0.3) is 0 Å². The topological polar surface area (TPSA) is 85.5 Å². The number of esters is 1. The van der Waals surface area contributed by atoms with Crippen molar-refractivity contribution in [2.75, 3.05) is 42.6 Å². The summed E-state index contributed by atoms with van der Waals surface area (Å²) in [5, 5.41) is 0. The molecule has 2 saturated heterocycles. The Morgan fingerprint density at radius 3 is 2.50 bits per heavy atom. The van der Waals surface area contributed by atoms with E-state index in [1.165, 1.54) is 4.90 Å². The molecular weight excluding hydrogens is 384 g/mol. The Balaban J connectivity index is 1.41. The number of pyridine rings is 1. The van der Waals surface area contributed by atoms with Crippen molar-refractivity contribution < 1.29 is 29.0 Å². The molecule has 156 valence electrons. The minimum absolute atomic E-state index is 0.168. The number of hydrogen-bond acceptors (Lipinski definition) is 5. The molecule has 30 heavy (non-hydrogen) atoms. The van der Waals surface area contributed by atoms with Crippen molar-refractivity contribution in [3.8, 4) is 0 Å². The van der Waals surface area contributed by atoms with Gasteiger partial charge >= 0.3 is 5.97 Å². The van der Waals surface area contributed by atoms with Crippen molar-refractivity contribution >= 4 is 29.3 Å². The van der Waals surface area contributed by atoms with E-state index in [0.717, 1.165) is 36.9 Å². The lowest BCUT2D eigenvalue weighted by Crippen LogP contribution is -3.19. The number of aromatic nitrogens is 1. The second-order valence-corrected chi connectivity index (χ2v) is 7.48. The van der Waals surface area contributed by atoms with Crippen LogP contribution >= 0.6 is 0 Å². The molecule has 4 rings (SSSR count). The van der Waals surface area contributed by atoms with Crippen LogP contribution in [0.2, 0.25) is 0 Å². The monoisotopic (exact) mass is 410 g/mol. The summed E-state index contributed by atoms with van der Waals surface area (Å²) in [6.07, 6.45) is 2.12. The number of hydrogen-bond donors (Lipinski definition) is 1. The molecule has 2 amide bonds. The van der Waals surface area contributed by atoms with Gasteiger partial charge < -0.3 is 9.64 Å². The SMILES string of the molecule is CCOC(=O)c1ccc(N2C(=O)C[C@@H]([NH+]3CCN(c4cccc[nH+]4)CC3)C2=O)cc1. The summed E-state index contributed by atoms with van der Waals surface area (Å²) < 4.78 is 4.98. The van der Waals surface area contributed by atoms with Gasteiger partial charge in [-0.05, 0) is 37.3 Å². The quantitative estimate of drug-likeness (QED) is 0.541. The summed E-state index contributed by atoms with van der Waals surface area (Å²) in [7, 11) is 0. The maximum absolute atomic E-state index is 13.1. The lowest BCUT2D eigenvalue weighted by molar-refractivity contribution is -0.915. The van der Waals surface area contributed by atoms with Crippen LogP contribution in [-0.2, 0) is 14.3 Å². The lowest BCUT2D eigenvalue weighted by Gasteiger charge is -2.31. The van der Waals surface area contributed by atoms with Crippen LogP contribution in [-0.4, -0.2) is 56.6 Å². The summed E-state index contributed by atoms with van der Waals surface area (Å²) in [6.45, 7) is 5.27. The fourth-order valence-corrected chi connectivity index (χ4v) is 4.15. The van der Waals surface area contributed by atoms with E-state index < -0.39 is 5.97 Å². The van der Waals surface area contributed by atoms with Crippen LogP contribution in [0.3, 0.4) is 0 Å². The molecule has 3 heterocycles. The van der Waals surface area contributed by atoms with Gasteiger partial charge in [0, 0.05) is 6.07 Å². The number of anilines is 2. The van der Waals surface area contributed by atoms with Crippen LogP contribution in [0.15, 0.2) is 48.7 Å². The highest BCUT2D eigenvalue weighted by Crippen LogP contribution is 2.23. The number of imide groups is 1. The molecule has 1 aromatic heterocycles. The van der Waals surface area contributed by atoms with Gasteiger partial charge in [-0.1, -0.05) is 6.07 Å². The van der Waals surface area contributed by atoms with Crippen molar-refractivity contribution in [3.63, 3.8) is 0 Å². The highest BCUT2D eigenvalue weighted by atomic mass is 16.5. The molecule has 8 heteroatoms. The van der Waals surface area contributed by atoms with E-state index in [4.69, 9.17) is 4.74 Å². The van der Waals surface area contributed by atoms with Crippen molar-refractivity contribution in [1.29, 1.82) is 0 Å². The van der Waals surface area contributed by atoms with Gasteiger partial charge in [-0.25, -0.2) is 14.7 Å². The Labute approximate surface area is 175 Å². The first-order valence-electron chi connectivity index (χ1n) is 10.3. The predicted molar refractivity (Wildman–Crippen MR) is 109 cm³/mol. The standard InChI is InChI=1S/C22H24N4O4/c1-2-30-22(29)16-6-8-17(9-7-16)26-20(27)15-18(21(26)28)24-11-13-25(14-12-24)19-5-3-4-10-23-19/h3-10,18H,2,11-15H2,1H3/p+2/t18-/m1/s1. The molecule has 0 unspecified atom stereocenters. The van der Waals surface area contributed by atoms with Gasteiger partial charge in [0.25, 0.3) is 11.7 Å². The Morgan fingerprint density at radius 2 is 1.87 bits per heavy atom. The smallest absolute Gasteiger partial charge is 0.338 e. The summed E-state index contributed by atoms with van der Waals surface area (Å²) >= 11 is 0. The zero-order valence-corrected chi connectivity index (χ0v) is 17.0. The minimum Gasteiger partial charge on any atom is -0.462 e. The number of aromatic amines is 1. The molecule has 1 aromatic carbocycles. The number of carbonyl (C=O) groups excluding carboxylic acids is 3. The first kappa shape index (κ1) is 20.0. The van der Waals surface area contributed by atoms with Crippen LogP contribution < -0.4 is 19.7 Å². The van der Waals surface area contributed by atoms with Crippen LogP contribution in [0.1, 0.15) is 23.7 Å². The second kappa shape index (κ2) is 8.62. The van der Waals surface area contributed by atoms with Gasteiger partial charge in [0.05, 0.1) is 30.5 Å². The number of nitrogens with one attached hydrogen (secondary N) is 2. The highest BCUT2D eigenvalue weighted by Gasteiger charge is 2.47. The third kappa shape index (κ3) is 3.91. The molecule has 2 N–H and O–H groups in total. The molecule has 2 fully saturated rings. The van der Waals surface area contributed by atoms with Gasteiger partial charge in [-0.15, -0.1) is 0 Å². The van der Waals surface area contributed by atoms with Gasteiger partial charge in [0.2, 0.25) is 5.91 Å². The van der Waals surface area contributed by atoms with Gasteiger partial charge in [0.15, 0.2) is 6.04 Å². The summed E-state index contributed by atoms with van der Waals surface area (Å²) in [5.74, 6) is 0.284. The van der Waals surface area contributed by atoms with Crippen LogP contribution in [0.5, 0.6) is 0 Å². The highest BCUT2D eigenvalue weighted by molar-refractivity contribution is 6.22. The maximum atomic E-state index is 13.1. The molecular formula is C22H26N4O4+2. The van der Waals surface area contributed by atoms with Gasteiger partial charge in [-0.2, -0.15) is 0 Å². The minimum atomic E-state index is -0.418. The first-order valence-corrected chi connectivity index (χ1v) is 10.3. The number of piperazine rings is 1. The molecule has 2 aliphatic heterocycles. The lowest BCUT2D eigenvalue weighted by atomic mass is 10.1. The van der Waals surface area contributed by atoms with E-state index in [1.54, 1.807) is 31.2 Å². The van der Waals surface area contributed by atoms with Crippen molar-refractivity contribution in [1.82, 2.24) is 0 Å². The molecule has 0 bridgehead atoms. The third-order valence-electron chi connectivity index (χ3n) is 5.72. The van der Waals surface area contributed by atoms with Crippen molar-refractivity contribution in [2.45, 2.75) is 19.4 Å². The zero-order valence-electron chi connectivity index (χ0n) is 17.0. The Kier molecular flexibility index (Phi) is 5.76. The number of quaternary nitrogens is 1. The predicted octanol–water partition coefficient (Wildman–Crippen LogP) is -0.286. The van der Waals surface area contributed by atoms with Crippen molar-refractivity contribution in [2.24, 2.45) is 0 Å². The van der Waals surface area contributed by atoms with Gasteiger partial charge in [-0.3, -0.25) is 14.5 Å². The fourth-order valence-electron chi connectivity index (χ4n) is 4.15. The Morgan fingerprint density at radius 1 is 1.13 bits per heavy atom. The van der Waals surface area contributed by atoms with E-state index in [0.29, 0.717) is 17.9 Å². The second-order valence-electron chi connectivity index (χ2n) is 7.48. The van der Waals surface area contributed by atoms with E-state index in [9.17, 15) is 14.4 Å². The molecule has 2 aromatic rings. The molecule has 0 saturated carbocycles. The van der Waals surface area contributed by atoms with E-state index in [-0.39, 0.29) is 24.3 Å². The molecule has 0 aliphatic carbocycles. The first-order chi connectivity index (χ1) is 14.6. The number of carbonyl (C=O) groups is 3. The summed E-state index contributed by atoms with van der Waals surface area (Å²) in [5.41, 5.74) is 0.896. The fraction of sp³-hybridized carbons (Fsp3) is 0.364. The molecule has 1 atom stereocenters. The largest absolute Gasteiger partial charge is 0.462 e. The molecule has 8 nitrogen and oxygen atoms in total. The van der Waals surface area contributed by atoms with E-state index >= 15 is 0 Å². The molecule has 0 spiro atoms. The summed E-state index contributed by atoms with van der Waals surface area (Å²) in [6, 6.07) is 12.1. The number of nitrogens with zero attached hydrogens (tertiary/aromatic N) is 2. The Hall–Kier alpha value is -3.26. The number of benzene rings is 1. The Bertz CT molecular complexity index is 924. The van der Waals surface area contributed by atoms with Gasteiger partial charge in [0.1, 0.15) is 26.2 Å². The zero-order chi connectivity index (χ0) is 21.1. The number of ether oxygens (including phenoxy) is 1. The number of H-pyrrole nitrogens is 1. The number of amides is 2. The van der Waals surface area contributed by atoms with E-state index in [2.05, 4.69) is 9.88 Å². The molecule has 0 radical (unpaired) electrons. The summed E-state index contributed by atoms with van der Waals surface area (Å²) in [4.78, 5) is 45.4. The normalized spacial score (nSPS) is 20.0. The van der Waals surface area contributed by atoms with Crippen molar-refractivity contribution in [3.05, 3.63) is 54.2 Å². The van der Waals surface area contributed by atoms with Crippen LogP contribution in [0, 0.1) is 0 Å². The average Bonchev–Trinajstić information content (AvgIpc) is 3.08. The maximum Gasteiger partial charge on any atom is 0.338 e. The molecule has 2 aliphatic rings. The number of rotatable bonds is 5. The van der Waals surface area contributed by atoms with Crippen LogP contribution in [0.4, 0.5) is 11.5 Å². The third-order valence-corrected chi connectivity index (χ3v) is 5.72. The average molecular weight is 410 g/mol. The van der Waals surface area contributed by atoms with E-state index in [1.807, 2.05) is 24.4 Å².